The Hall–Kier alpha value is -3.24. The number of nitrogens with one attached hydrogen (secondary N) is 1. The number of benzene rings is 2. The highest BCUT2D eigenvalue weighted by Crippen LogP contribution is 2.41. The highest BCUT2D eigenvalue weighted by Gasteiger charge is 2.43. The molecule has 0 radical (unpaired) electrons. The molecule has 11 heteroatoms. The van der Waals surface area contributed by atoms with E-state index in [2.05, 4.69) is 5.32 Å². The second kappa shape index (κ2) is 9.90. The highest BCUT2D eigenvalue weighted by atomic mass is 19.4. The molecule has 2 aromatic rings. The monoisotopic (exact) mass is 528 g/mol. The van der Waals surface area contributed by atoms with Crippen molar-refractivity contribution in [2.45, 2.75) is 62.5 Å². The van der Waals surface area contributed by atoms with Gasteiger partial charge in [-0.25, -0.2) is 4.79 Å². The summed E-state index contributed by atoms with van der Waals surface area (Å²) in [7, 11) is 0. The first-order valence-corrected chi connectivity index (χ1v) is 11.9. The van der Waals surface area contributed by atoms with Crippen LogP contribution in [0.4, 0.5) is 31.1 Å². The van der Waals surface area contributed by atoms with Crippen LogP contribution >= 0.6 is 0 Å². The molecule has 1 unspecified atom stereocenters. The van der Waals surface area contributed by atoms with E-state index in [4.69, 9.17) is 4.74 Å². The lowest BCUT2D eigenvalue weighted by Crippen LogP contribution is -2.52. The van der Waals surface area contributed by atoms with Crippen molar-refractivity contribution in [2.24, 2.45) is 0 Å². The van der Waals surface area contributed by atoms with Crippen molar-refractivity contribution in [1.82, 2.24) is 10.2 Å². The highest BCUT2D eigenvalue weighted by molar-refractivity contribution is 5.84. The lowest BCUT2D eigenvalue weighted by Gasteiger charge is -2.43. The molecular weight excluding hydrogens is 502 g/mol. The van der Waals surface area contributed by atoms with E-state index in [1.165, 1.54) is 6.92 Å². The normalized spacial score (nSPS) is 23.5. The van der Waals surface area contributed by atoms with Crippen molar-refractivity contribution < 1.29 is 40.7 Å². The molecule has 2 amide bonds. The molecule has 1 N–H and O–H groups in total. The fraction of sp³-hybridized carbons (Fsp3) is 0.462. The lowest BCUT2D eigenvalue weighted by molar-refractivity contribution is -0.143. The fourth-order valence-electron chi connectivity index (χ4n) is 5.11. The summed E-state index contributed by atoms with van der Waals surface area (Å²) in [5.41, 5.74) is -3.42. The Morgan fingerprint density at radius 1 is 1.00 bits per heavy atom. The van der Waals surface area contributed by atoms with Crippen molar-refractivity contribution in [3.8, 4) is 0 Å². The van der Waals surface area contributed by atoms with Gasteiger partial charge in [-0.05, 0) is 61.9 Å². The number of amides is 2. The van der Waals surface area contributed by atoms with Crippen LogP contribution < -0.4 is 5.32 Å². The van der Waals surface area contributed by atoms with Crippen molar-refractivity contribution in [3.05, 3.63) is 70.8 Å². The summed E-state index contributed by atoms with van der Waals surface area (Å²) in [5, 5.41) is 2.95. The van der Waals surface area contributed by atoms with E-state index in [1.54, 1.807) is 23.1 Å². The molecular formula is C26H26F6N2O3. The molecule has 0 spiro atoms. The van der Waals surface area contributed by atoms with Crippen molar-refractivity contribution in [1.29, 1.82) is 0 Å². The number of halogens is 6. The largest absolute Gasteiger partial charge is 0.448 e. The van der Waals surface area contributed by atoms with Gasteiger partial charge in [0.25, 0.3) is 0 Å². The number of hydrogen-bond donors (Lipinski definition) is 1. The Morgan fingerprint density at radius 3 is 2.05 bits per heavy atom. The minimum atomic E-state index is -5.01. The van der Waals surface area contributed by atoms with Gasteiger partial charge in [-0.1, -0.05) is 30.3 Å². The van der Waals surface area contributed by atoms with E-state index in [-0.39, 0.29) is 23.8 Å². The van der Waals surface area contributed by atoms with E-state index in [0.717, 1.165) is 5.56 Å². The molecule has 5 nitrogen and oxygen atoms in total. The van der Waals surface area contributed by atoms with Crippen LogP contribution in [0, 0.1) is 0 Å². The molecule has 1 heterocycles. The van der Waals surface area contributed by atoms with Gasteiger partial charge in [0.15, 0.2) is 0 Å². The van der Waals surface area contributed by atoms with E-state index in [0.29, 0.717) is 51.0 Å². The Morgan fingerprint density at radius 2 is 1.57 bits per heavy atom. The third-order valence-electron chi connectivity index (χ3n) is 7.23. The van der Waals surface area contributed by atoms with Crippen LogP contribution in [0.5, 0.6) is 0 Å². The predicted molar refractivity (Wildman–Crippen MR) is 121 cm³/mol. The van der Waals surface area contributed by atoms with Gasteiger partial charge < -0.3 is 15.0 Å². The third-order valence-corrected chi connectivity index (χ3v) is 7.23. The summed E-state index contributed by atoms with van der Waals surface area (Å²) in [6.45, 7) is 2.07. The van der Waals surface area contributed by atoms with Gasteiger partial charge in [0.1, 0.15) is 6.61 Å². The number of nitrogens with zero attached hydrogens (tertiary/aromatic N) is 1. The zero-order chi connectivity index (χ0) is 27.0. The van der Waals surface area contributed by atoms with E-state index < -0.39 is 40.8 Å². The zero-order valence-electron chi connectivity index (χ0n) is 20.0. The maximum absolute atomic E-state index is 13.3. The quantitative estimate of drug-likeness (QED) is 0.468. The zero-order valence-corrected chi connectivity index (χ0v) is 20.0. The molecule has 1 aliphatic heterocycles. The Balaban J connectivity index is 1.61. The molecule has 1 saturated carbocycles. The van der Waals surface area contributed by atoms with Crippen LogP contribution in [-0.2, 0) is 27.4 Å². The van der Waals surface area contributed by atoms with Crippen LogP contribution in [0.25, 0.3) is 0 Å². The Bertz CT molecular complexity index is 1110. The summed E-state index contributed by atoms with van der Waals surface area (Å²) >= 11 is 0. The van der Waals surface area contributed by atoms with E-state index in [1.807, 2.05) is 12.1 Å². The minimum Gasteiger partial charge on any atom is -0.448 e. The minimum absolute atomic E-state index is 0.0459. The summed E-state index contributed by atoms with van der Waals surface area (Å²) < 4.78 is 85.1. The summed E-state index contributed by atoms with van der Waals surface area (Å²) in [4.78, 5) is 27.0. The van der Waals surface area contributed by atoms with Gasteiger partial charge in [0.2, 0.25) is 5.91 Å². The first-order valence-electron chi connectivity index (χ1n) is 11.9. The summed E-state index contributed by atoms with van der Waals surface area (Å²) in [6, 6.07) is 10.2. The van der Waals surface area contributed by atoms with Crippen LogP contribution in [0.1, 0.15) is 60.8 Å². The number of carbonyl (C=O) groups excluding carboxylic acids is 2. The van der Waals surface area contributed by atoms with Crippen LogP contribution in [-0.4, -0.2) is 36.1 Å². The maximum atomic E-state index is 13.3. The number of ether oxygens (including phenoxy) is 1. The molecule has 0 bridgehead atoms. The van der Waals surface area contributed by atoms with Gasteiger partial charge in [-0.3, -0.25) is 4.79 Å². The maximum Gasteiger partial charge on any atom is 0.416 e. The average molecular weight is 528 g/mol. The molecule has 2 fully saturated rings. The molecule has 1 saturated heterocycles. The number of carbonyl (C=O) groups is 2. The van der Waals surface area contributed by atoms with Crippen LogP contribution in [0.3, 0.4) is 0 Å². The molecule has 2 aliphatic rings. The standard InChI is InChI=1S/C26H26F6N2O3/c1-16(17-13-19(25(27,28)29)15-20(14-17)26(30,31)32)22(35)33-24(18-5-3-2-4-6-18)9-7-21(8-10-24)34-11-12-37-23(34)36/h2-6,13-16,21H,7-12H2,1H3,(H,33,35)/t16?,21-,24-. The van der Waals surface area contributed by atoms with Gasteiger partial charge in [0, 0.05) is 6.04 Å². The first-order chi connectivity index (χ1) is 17.3. The Labute approximate surface area is 209 Å². The molecule has 1 atom stereocenters. The SMILES string of the molecule is CC(C(=O)N[C@]1(c2ccccc2)CC[C@@H](N2CCOC2=O)CC1)c1cc(C(F)(F)F)cc(C(F)(F)F)c1. The molecule has 0 aromatic heterocycles. The van der Waals surface area contributed by atoms with Crippen LogP contribution in [0.15, 0.2) is 48.5 Å². The van der Waals surface area contributed by atoms with E-state index in [9.17, 15) is 35.9 Å². The van der Waals surface area contributed by atoms with E-state index >= 15 is 0 Å². The number of rotatable bonds is 5. The van der Waals surface area contributed by atoms with Gasteiger partial charge in [-0.2, -0.15) is 26.3 Å². The number of alkyl halides is 6. The third kappa shape index (κ3) is 5.70. The number of cyclic esters (lactones) is 1. The smallest absolute Gasteiger partial charge is 0.416 e. The van der Waals surface area contributed by atoms with Gasteiger partial charge in [0.05, 0.1) is 29.1 Å². The van der Waals surface area contributed by atoms with Gasteiger partial charge >= 0.3 is 18.4 Å². The van der Waals surface area contributed by atoms with Crippen LogP contribution in [0.2, 0.25) is 0 Å². The summed E-state index contributed by atoms with van der Waals surface area (Å²) in [6.07, 6.45) is -8.46. The lowest BCUT2D eigenvalue weighted by atomic mass is 9.74. The van der Waals surface area contributed by atoms with Crippen molar-refractivity contribution >= 4 is 12.0 Å². The van der Waals surface area contributed by atoms with Gasteiger partial charge in [-0.15, -0.1) is 0 Å². The second-order valence-corrected chi connectivity index (χ2v) is 9.54. The Kier molecular flexibility index (Phi) is 7.18. The molecule has 2 aromatic carbocycles. The number of hydrogen-bond acceptors (Lipinski definition) is 3. The average Bonchev–Trinajstić information content (AvgIpc) is 3.29. The van der Waals surface area contributed by atoms with Crippen molar-refractivity contribution in [2.75, 3.05) is 13.2 Å². The first kappa shape index (κ1) is 26.8. The molecule has 37 heavy (non-hydrogen) atoms. The molecule has 1 aliphatic carbocycles. The molecule has 200 valence electrons. The predicted octanol–water partition coefficient (Wildman–Crippen LogP) is 6.23. The van der Waals surface area contributed by atoms with Crippen molar-refractivity contribution in [3.63, 3.8) is 0 Å². The fourth-order valence-corrected chi connectivity index (χ4v) is 5.11. The topological polar surface area (TPSA) is 58.6 Å². The molecule has 4 rings (SSSR count). The second-order valence-electron chi connectivity index (χ2n) is 9.54. The summed E-state index contributed by atoms with van der Waals surface area (Å²) in [5.74, 6) is -1.97.